The van der Waals surface area contributed by atoms with Crippen LogP contribution in [-0.2, 0) is 12.8 Å². The molecule has 2 aromatic rings. The Morgan fingerprint density at radius 2 is 1.50 bits per heavy atom. The first kappa shape index (κ1) is 18.8. The van der Waals surface area contributed by atoms with Gasteiger partial charge in [0.15, 0.2) is 0 Å². The van der Waals surface area contributed by atoms with Crippen LogP contribution in [0.1, 0.15) is 72.9 Å². The van der Waals surface area contributed by atoms with Crippen molar-refractivity contribution in [3.8, 4) is 0 Å². The maximum Gasteiger partial charge on any atom is -0.0184 e. The zero-order valence-electron chi connectivity index (χ0n) is 16.4. The van der Waals surface area contributed by atoms with Crippen LogP contribution in [0.15, 0.2) is 36.4 Å². The molecule has 1 atom stereocenters. The van der Waals surface area contributed by atoms with E-state index in [1.54, 1.807) is 11.1 Å². The second-order valence-corrected chi connectivity index (χ2v) is 7.99. The molecule has 0 amide bonds. The van der Waals surface area contributed by atoms with Gasteiger partial charge in [-0.2, -0.15) is 0 Å². The highest BCUT2D eigenvalue weighted by atomic mass is 14.2. The summed E-state index contributed by atoms with van der Waals surface area (Å²) in [6.07, 6.45) is 4.88. The van der Waals surface area contributed by atoms with Crippen molar-refractivity contribution in [3.05, 3.63) is 69.8 Å². The molecule has 0 saturated heterocycles. The zero-order chi connectivity index (χ0) is 17.7. The first-order valence-electron chi connectivity index (χ1n) is 9.52. The Balaban J connectivity index is 2.08. The Bertz CT molecular complexity index is 664. The first-order chi connectivity index (χ1) is 11.4. The van der Waals surface area contributed by atoms with Crippen molar-refractivity contribution >= 4 is 0 Å². The smallest absolute Gasteiger partial charge is 0.0184 e. The number of hydrogen-bond acceptors (Lipinski definition) is 0. The van der Waals surface area contributed by atoms with Crippen LogP contribution in [0.5, 0.6) is 0 Å². The average Bonchev–Trinajstić information content (AvgIpc) is 2.53. The predicted molar refractivity (Wildman–Crippen MR) is 107 cm³/mol. The van der Waals surface area contributed by atoms with Gasteiger partial charge in [0.05, 0.1) is 0 Å². The van der Waals surface area contributed by atoms with Crippen molar-refractivity contribution in [1.29, 1.82) is 0 Å². The molecular formula is C24H34. The highest BCUT2D eigenvalue weighted by molar-refractivity contribution is 5.35. The number of hydrogen-bond donors (Lipinski definition) is 0. The fraction of sp³-hybridized carbons (Fsp3) is 0.500. The van der Waals surface area contributed by atoms with Crippen LogP contribution in [0.4, 0.5) is 0 Å². The molecule has 0 heterocycles. The van der Waals surface area contributed by atoms with E-state index in [1.165, 1.54) is 47.9 Å². The summed E-state index contributed by atoms with van der Waals surface area (Å²) in [4.78, 5) is 0. The molecule has 0 spiro atoms. The van der Waals surface area contributed by atoms with Crippen LogP contribution in [0.2, 0.25) is 0 Å². The highest BCUT2D eigenvalue weighted by Crippen LogP contribution is 2.27. The lowest BCUT2D eigenvalue weighted by Crippen LogP contribution is -2.03. The van der Waals surface area contributed by atoms with Gasteiger partial charge < -0.3 is 0 Å². The maximum atomic E-state index is 2.41. The second kappa shape index (κ2) is 8.51. The van der Waals surface area contributed by atoms with Crippen molar-refractivity contribution < 1.29 is 0 Å². The highest BCUT2D eigenvalue weighted by Gasteiger charge is 2.12. The Labute approximate surface area is 149 Å². The molecule has 130 valence electrons. The first-order valence-corrected chi connectivity index (χ1v) is 9.52. The Hall–Kier alpha value is -1.56. The number of rotatable bonds is 7. The molecule has 0 bridgehead atoms. The van der Waals surface area contributed by atoms with Gasteiger partial charge in [0.2, 0.25) is 0 Å². The monoisotopic (exact) mass is 322 g/mol. The van der Waals surface area contributed by atoms with Gasteiger partial charge in [-0.25, -0.2) is 0 Å². The minimum Gasteiger partial charge on any atom is -0.0628 e. The minimum atomic E-state index is 0.620. The third kappa shape index (κ3) is 5.23. The standard InChI is InChI=1S/C24H34/c1-17(2)7-13-23-15-18(3)8-14-24(23)20(5)10-12-22-11-9-19(4)21(6)16-22/h8-9,11,14-17,20H,7,10,12-13H2,1-6H3. The van der Waals surface area contributed by atoms with E-state index in [9.17, 15) is 0 Å². The summed E-state index contributed by atoms with van der Waals surface area (Å²) in [5, 5.41) is 0. The average molecular weight is 323 g/mol. The van der Waals surface area contributed by atoms with E-state index in [2.05, 4.69) is 77.9 Å². The molecule has 0 nitrogen and oxygen atoms in total. The van der Waals surface area contributed by atoms with Gasteiger partial charge in [0.25, 0.3) is 0 Å². The predicted octanol–water partition coefficient (Wildman–Crippen LogP) is 6.94. The minimum absolute atomic E-state index is 0.620. The van der Waals surface area contributed by atoms with Gasteiger partial charge >= 0.3 is 0 Å². The van der Waals surface area contributed by atoms with Crippen LogP contribution in [0, 0.1) is 26.7 Å². The quantitative estimate of drug-likeness (QED) is 0.518. The lowest BCUT2D eigenvalue weighted by atomic mass is 9.87. The number of aryl methyl sites for hydroxylation is 5. The maximum absolute atomic E-state index is 2.41. The Morgan fingerprint density at radius 3 is 2.17 bits per heavy atom. The van der Waals surface area contributed by atoms with Gasteiger partial charge in [0, 0.05) is 0 Å². The molecule has 0 aliphatic heterocycles. The largest absolute Gasteiger partial charge is 0.0628 e. The SMILES string of the molecule is Cc1ccc(C(C)CCc2ccc(C)c(C)c2)c(CCC(C)C)c1. The molecule has 0 fully saturated rings. The van der Waals surface area contributed by atoms with Gasteiger partial charge in [-0.05, 0) is 86.1 Å². The third-order valence-electron chi connectivity index (χ3n) is 5.26. The zero-order valence-corrected chi connectivity index (χ0v) is 16.4. The van der Waals surface area contributed by atoms with E-state index in [-0.39, 0.29) is 0 Å². The summed E-state index contributed by atoms with van der Waals surface area (Å²) < 4.78 is 0. The van der Waals surface area contributed by atoms with Gasteiger partial charge in [0.1, 0.15) is 0 Å². The molecule has 2 aromatic carbocycles. The molecule has 24 heavy (non-hydrogen) atoms. The molecule has 2 rings (SSSR count). The molecule has 0 aliphatic rings. The second-order valence-electron chi connectivity index (χ2n) is 7.99. The molecular weight excluding hydrogens is 288 g/mol. The Morgan fingerprint density at radius 1 is 0.750 bits per heavy atom. The fourth-order valence-corrected chi connectivity index (χ4v) is 3.37. The van der Waals surface area contributed by atoms with Crippen molar-refractivity contribution in [3.63, 3.8) is 0 Å². The molecule has 0 heteroatoms. The molecule has 0 aromatic heterocycles. The van der Waals surface area contributed by atoms with E-state index in [0.717, 1.165) is 5.92 Å². The topological polar surface area (TPSA) is 0 Å². The van der Waals surface area contributed by atoms with Crippen molar-refractivity contribution in [2.75, 3.05) is 0 Å². The normalized spacial score (nSPS) is 12.6. The van der Waals surface area contributed by atoms with Crippen molar-refractivity contribution in [2.45, 2.75) is 73.1 Å². The number of benzene rings is 2. The van der Waals surface area contributed by atoms with Crippen LogP contribution in [-0.4, -0.2) is 0 Å². The molecule has 0 aliphatic carbocycles. The fourth-order valence-electron chi connectivity index (χ4n) is 3.37. The molecule has 0 N–H and O–H groups in total. The Kier molecular flexibility index (Phi) is 6.66. The van der Waals surface area contributed by atoms with Gasteiger partial charge in [-0.15, -0.1) is 0 Å². The van der Waals surface area contributed by atoms with Gasteiger partial charge in [-0.1, -0.05) is 62.7 Å². The van der Waals surface area contributed by atoms with E-state index < -0.39 is 0 Å². The van der Waals surface area contributed by atoms with Crippen LogP contribution in [0.3, 0.4) is 0 Å². The van der Waals surface area contributed by atoms with Gasteiger partial charge in [-0.3, -0.25) is 0 Å². The summed E-state index contributed by atoms with van der Waals surface area (Å²) >= 11 is 0. The van der Waals surface area contributed by atoms with E-state index in [4.69, 9.17) is 0 Å². The summed E-state index contributed by atoms with van der Waals surface area (Å²) in [5.41, 5.74) is 8.79. The molecule has 0 saturated carbocycles. The van der Waals surface area contributed by atoms with Crippen molar-refractivity contribution in [1.82, 2.24) is 0 Å². The van der Waals surface area contributed by atoms with Crippen LogP contribution in [0.25, 0.3) is 0 Å². The summed E-state index contributed by atoms with van der Waals surface area (Å²) in [6.45, 7) is 13.6. The molecule has 1 unspecified atom stereocenters. The van der Waals surface area contributed by atoms with E-state index >= 15 is 0 Å². The lowest BCUT2D eigenvalue weighted by Gasteiger charge is -2.18. The van der Waals surface area contributed by atoms with Crippen LogP contribution >= 0.6 is 0 Å². The van der Waals surface area contributed by atoms with Crippen LogP contribution < -0.4 is 0 Å². The summed E-state index contributed by atoms with van der Waals surface area (Å²) in [7, 11) is 0. The summed E-state index contributed by atoms with van der Waals surface area (Å²) in [5.74, 6) is 1.39. The van der Waals surface area contributed by atoms with Crippen molar-refractivity contribution in [2.24, 2.45) is 5.92 Å². The molecule has 0 radical (unpaired) electrons. The lowest BCUT2D eigenvalue weighted by molar-refractivity contribution is 0.579. The van der Waals surface area contributed by atoms with E-state index in [1.807, 2.05) is 0 Å². The van der Waals surface area contributed by atoms with E-state index in [0.29, 0.717) is 5.92 Å². The third-order valence-corrected chi connectivity index (χ3v) is 5.26. The summed E-state index contributed by atoms with van der Waals surface area (Å²) in [6, 6.07) is 14.0.